The molecule has 1 amide bonds. The zero-order chi connectivity index (χ0) is 20.1. The predicted molar refractivity (Wildman–Crippen MR) is 116 cm³/mol. The molecule has 1 aliphatic rings. The van der Waals surface area contributed by atoms with Gasteiger partial charge >= 0.3 is 0 Å². The van der Waals surface area contributed by atoms with E-state index in [0.29, 0.717) is 12.6 Å². The Morgan fingerprint density at radius 2 is 1.79 bits per heavy atom. The van der Waals surface area contributed by atoms with Crippen molar-refractivity contribution in [2.45, 2.75) is 25.5 Å². The topological polar surface area (TPSA) is 77.5 Å². The van der Waals surface area contributed by atoms with Crippen LogP contribution < -0.4 is 10.6 Å². The van der Waals surface area contributed by atoms with Gasteiger partial charge in [-0.2, -0.15) is 0 Å². The number of para-hydroxylation sites is 2. The third-order valence-corrected chi connectivity index (χ3v) is 5.41. The molecule has 0 saturated carbocycles. The number of nitrogens with one attached hydrogen (secondary N) is 2. The highest BCUT2D eigenvalue weighted by molar-refractivity contribution is 6.00. The summed E-state index contributed by atoms with van der Waals surface area (Å²) in [6, 6.07) is 17.9. The minimum Gasteiger partial charge on any atom is -0.392 e. The number of likely N-dealkylation sites (tertiary alicyclic amines) is 1. The van der Waals surface area contributed by atoms with E-state index in [1.807, 2.05) is 54.6 Å². The quantitative estimate of drug-likeness (QED) is 0.602. The third kappa shape index (κ3) is 4.72. The molecule has 150 valence electrons. The number of aliphatic hydroxyl groups is 1. The number of carbonyl (C=O) groups is 1. The van der Waals surface area contributed by atoms with E-state index >= 15 is 0 Å². The lowest BCUT2D eigenvalue weighted by Gasteiger charge is -2.32. The second-order valence-corrected chi connectivity index (χ2v) is 7.44. The molecular formula is C23H26N4O2. The second kappa shape index (κ2) is 9.03. The van der Waals surface area contributed by atoms with Crippen molar-refractivity contribution in [3.63, 3.8) is 0 Å². The Balaban J connectivity index is 1.30. The molecule has 1 fully saturated rings. The molecule has 3 N–H and O–H groups in total. The summed E-state index contributed by atoms with van der Waals surface area (Å²) in [5, 5.41) is 17.0. The molecule has 6 nitrogen and oxygen atoms in total. The number of amides is 1. The summed E-state index contributed by atoms with van der Waals surface area (Å²) < 4.78 is 0. The number of hydrogen-bond acceptors (Lipinski definition) is 5. The van der Waals surface area contributed by atoms with E-state index in [0.717, 1.165) is 53.8 Å². The molecule has 0 bridgehead atoms. The van der Waals surface area contributed by atoms with Crippen LogP contribution in [-0.4, -0.2) is 46.6 Å². The molecular weight excluding hydrogens is 364 g/mol. The van der Waals surface area contributed by atoms with Crippen LogP contribution in [-0.2, 0) is 11.4 Å². The van der Waals surface area contributed by atoms with E-state index < -0.39 is 0 Å². The summed E-state index contributed by atoms with van der Waals surface area (Å²) in [5.41, 5.74) is 3.48. The number of rotatable bonds is 6. The van der Waals surface area contributed by atoms with Gasteiger partial charge in [0.2, 0.25) is 5.91 Å². The molecule has 6 heteroatoms. The number of fused-ring (bicyclic) bond motifs is 1. The largest absolute Gasteiger partial charge is 0.392 e. The van der Waals surface area contributed by atoms with Crippen LogP contribution in [0.4, 0.5) is 11.4 Å². The zero-order valence-corrected chi connectivity index (χ0v) is 16.3. The van der Waals surface area contributed by atoms with Crippen LogP contribution in [0.2, 0.25) is 0 Å². The van der Waals surface area contributed by atoms with Gasteiger partial charge in [0.05, 0.1) is 24.4 Å². The maximum atomic E-state index is 12.6. The van der Waals surface area contributed by atoms with Crippen molar-refractivity contribution >= 4 is 28.2 Å². The first-order valence-electron chi connectivity index (χ1n) is 10.0. The number of carbonyl (C=O) groups excluding carboxylic acids is 1. The molecule has 1 aliphatic heterocycles. The van der Waals surface area contributed by atoms with Gasteiger partial charge in [-0.25, -0.2) is 0 Å². The maximum Gasteiger partial charge on any atom is 0.238 e. The average molecular weight is 390 g/mol. The Labute approximate surface area is 170 Å². The van der Waals surface area contributed by atoms with Crippen molar-refractivity contribution in [1.29, 1.82) is 0 Å². The van der Waals surface area contributed by atoms with Crippen molar-refractivity contribution in [2.75, 3.05) is 30.3 Å². The number of pyridine rings is 1. The minimum atomic E-state index is -0.0137. The number of aliphatic hydroxyl groups excluding tert-OH is 1. The van der Waals surface area contributed by atoms with E-state index in [2.05, 4.69) is 20.5 Å². The van der Waals surface area contributed by atoms with E-state index in [-0.39, 0.29) is 12.5 Å². The highest BCUT2D eigenvalue weighted by Crippen LogP contribution is 2.22. The van der Waals surface area contributed by atoms with Crippen LogP contribution in [0.25, 0.3) is 10.9 Å². The molecule has 0 spiro atoms. The van der Waals surface area contributed by atoms with Crippen molar-refractivity contribution in [3.8, 4) is 0 Å². The minimum absolute atomic E-state index is 0.0137. The lowest BCUT2D eigenvalue weighted by Crippen LogP contribution is -2.42. The summed E-state index contributed by atoms with van der Waals surface area (Å²) in [4.78, 5) is 19.1. The molecule has 0 radical (unpaired) electrons. The molecule has 0 atom stereocenters. The highest BCUT2D eigenvalue weighted by atomic mass is 16.3. The average Bonchev–Trinajstić information content (AvgIpc) is 2.76. The van der Waals surface area contributed by atoms with Gasteiger partial charge in [0.25, 0.3) is 0 Å². The van der Waals surface area contributed by atoms with E-state index in [4.69, 9.17) is 0 Å². The van der Waals surface area contributed by atoms with Gasteiger partial charge in [0.15, 0.2) is 0 Å². The lowest BCUT2D eigenvalue weighted by atomic mass is 10.0. The maximum absolute atomic E-state index is 12.6. The molecule has 29 heavy (non-hydrogen) atoms. The van der Waals surface area contributed by atoms with Crippen molar-refractivity contribution in [1.82, 2.24) is 9.88 Å². The van der Waals surface area contributed by atoms with Crippen LogP contribution in [0.5, 0.6) is 0 Å². The van der Waals surface area contributed by atoms with Gasteiger partial charge in [-0.05, 0) is 31.0 Å². The van der Waals surface area contributed by atoms with Crippen LogP contribution in [0.1, 0.15) is 18.4 Å². The summed E-state index contributed by atoms with van der Waals surface area (Å²) in [7, 11) is 0. The first kappa shape index (κ1) is 19.4. The smallest absolute Gasteiger partial charge is 0.238 e. The predicted octanol–water partition coefficient (Wildman–Crippen LogP) is 3.24. The van der Waals surface area contributed by atoms with Gasteiger partial charge in [0.1, 0.15) is 0 Å². The third-order valence-electron chi connectivity index (χ3n) is 5.41. The zero-order valence-electron chi connectivity index (χ0n) is 16.3. The van der Waals surface area contributed by atoms with E-state index in [1.165, 1.54) is 0 Å². The number of hydrogen-bond donors (Lipinski definition) is 3. The number of piperidine rings is 1. The number of aromatic nitrogens is 1. The standard InChI is InChI=1S/C23H26N4O2/c28-16-18-5-1-2-8-20(18)25-19-10-13-27(14-11-19)15-22(29)26-21-9-3-6-17-7-4-12-24-23(17)21/h1-9,12,19,25,28H,10-11,13-16H2,(H,26,29). The summed E-state index contributed by atoms with van der Waals surface area (Å²) >= 11 is 0. The molecule has 3 aromatic rings. The van der Waals surface area contributed by atoms with Crippen LogP contribution in [0.15, 0.2) is 60.8 Å². The van der Waals surface area contributed by atoms with Crippen molar-refractivity contribution < 1.29 is 9.90 Å². The molecule has 1 aromatic heterocycles. The number of benzene rings is 2. The molecule has 1 saturated heterocycles. The fourth-order valence-corrected chi connectivity index (χ4v) is 3.85. The first-order chi connectivity index (χ1) is 14.2. The highest BCUT2D eigenvalue weighted by Gasteiger charge is 2.21. The van der Waals surface area contributed by atoms with E-state index in [9.17, 15) is 9.90 Å². The summed E-state index contributed by atoms with van der Waals surface area (Å²) in [5.74, 6) is -0.0137. The number of anilines is 2. The number of nitrogens with zero attached hydrogens (tertiary/aromatic N) is 2. The molecule has 0 aliphatic carbocycles. The molecule has 2 heterocycles. The van der Waals surface area contributed by atoms with Gasteiger partial charge in [-0.1, -0.05) is 36.4 Å². The molecule has 2 aromatic carbocycles. The van der Waals surface area contributed by atoms with Crippen molar-refractivity contribution in [2.24, 2.45) is 0 Å². The fourth-order valence-electron chi connectivity index (χ4n) is 3.85. The SMILES string of the molecule is O=C(CN1CCC(Nc2ccccc2CO)CC1)Nc1cccc2cccnc12. The Kier molecular flexibility index (Phi) is 6.03. The summed E-state index contributed by atoms with van der Waals surface area (Å²) in [6.07, 6.45) is 3.66. The van der Waals surface area contributed by atoms with Crippen LogP contribution in [0, 0.1) is 0 Å². The van der Waals surface area contributed by atoms with Gasteiger partial charge in [-0.3, -0.25) is 14.7 Å². The monoisotopic (exact) mass is 390 g/mol. The van der Waals surface area contributed by atoms with Gasteiger partial charge in [-0.15, -0.1) is 0 Å². The second-order valence-electron chi connectivity index (χ2n) is 7.44. The van der Waals surface area contributed by atoms with Gasteiger partial charge in [0, 0.05) is 42.0 Å². The Morgan fingerprint density at radius 3 is 2.62 bits per heavy atom. The van der Waals surface area contributed by atoms with Crippen LogP contribution in [0.3, 0.4) is 0 Å². The first-order valence-corrected chi connectivity index (χ1v) is 10.0. The molecule has 0 unspecified atom stereocenters. The van der Waals surface area contributed by atoms with E-state index in [1.54, 1.807) is 6.20 Å². The Hall–Kier alpha value is -2.96. The van der Waals surface area contributed by atoms with Gasteiger partial charge < -0.3 is 15.7 Å². The lowest BCUT2D eigenvalue weighted by molar-refractivity contribution is -0.117. The Morgan fingerprint density at radius 1 is 1.03 bits per heavy atom. The molecule has 4 rings (SSSR count). The van der Waals surface area contributed by atoms with Crippen LogP contribution >= 0.6 is 0 Å². The summed E-state index contributed by atoms with van der Waals surface area (Å²) in [6.45, 7) is 2.13. The Bertz CT molecular complexity index is 978. The van der Waals surface area contributed by atoms with Crippen molar-refractivity contribution in [3.05, 3.63) is 66.4 Å². The normalized spacial score (nSPS) is 15.3. The fraction of sp³-hybridized carbons (Fsp3) is 0.304.